The van der Waals surface area contributed by atoms with Gasteiger partial charge in [0, 0.05) is 11.6 Å². The Hall–Kier alpha value is -3.47. The van der Waals surface area contributed by atoms with Crippen LogP contribution in [0, 0.1) is 12.7 Å². The fourth-order valence-electron chi connectivity index (χ4n) is 3.61. The summed E-state index contributed by atoms with van der Waals surface area (Å²) in [5, 5.41) is 3.11. The number of nitrogens with zero attached hydrogens (tertiary/aromatic N) is 1. The molecule has 146 valence electrons. The van der Waals surface area contributed by atoms with Crippen molar-refractivity contribution in [3.05, 3.63) is 89.9 Å². The number of hydrogen-bond acceptors (Lipinski definition) is 1. The molecule has 1 amide bonds. The first kappa shape index (κ1) is 18.9. The number of hydrogen-bond donors (Lipinski definition) is 2. The van der Waals surface area contributed by atoms with Gasteiger partial charge in [0.1, 0.15) is 5.82 Å². The van der Waals surface area contributed by atoms with E-state index in [4.69, 9.17) is 0 Å². The number of imidazole rings is 1. The van der Waals surface area contributed by atoms with Gasteiger partial charge in [-0.25, -0.2) is 14.1 Å². The van der Waals surface area contributed by atoms with E-state index in [1.807, 2.05) is 66.9 Å². The van der Waals surface area contributed by atoms with Gasteiger partial charge in [-0.3, -0.25) is 9.78 Å². The quantitative estimate of drug-likeness (QED) is 0.465. The maximum absolute atomic E-state index is 13.4. The number of aromatic amines is 1. The van der Waals surface area contributed by atoms with Crippen molar-refractivity contribution < 1.29 is 13.6 Å². The molecular weight excluding hydrogens is 365 g/mol. The molecule has 4 nitrogen and oxygen atoms in total. The first-order valence-electron chi connectivity index (χ1n) is 9.72. The van der Waals surface area contributed by atoms with Gasteiger partial charge in [-0.2, -0.15) is 0 Å². The Morgan fingerprint density at radius 2 is 1.83 bits per heavy atom. The van der Waals surface area contributed by atoms with Crippen LogP contribution >= 0.6 is 0 Å². The third kappa shape index (κ3) is 3.76. The smallest absolute Gasteiger partial charge is 0.267 e. The number of fused-ring (bicyclic) bond motifs is 1. The van der Waals surface area contributed by atoms with Crippen LogP contribution in [-0.2, 0) is 4.79 Å². The number of carbonyl (C=O) groups excluding carboxylic acids is 1. The van der Waals surface area contributed by atoms with E-state index in [9.17, 15) is 9.18 Å². The molecule has 4 rings (SSSR count). The topological polar surface area (TPSA) is 49.0 Å². The summed E-state index contributed by atoms with van der Waals surface area (Å²) in [6, 6.07) is 20.0. The summed E-state index contributed by atoms with van der Waals surface area (Å²) in [5.41, 5.74) is 4.48. The van der Waals surface area contributed by atoms with E-state index in [0.717, 1.165) is 28.0 Å². The first-order valence-corrected chi connectivity index (χ1v) is 9.72. The zero-order valence-electron chi connectivity index (χ0n) is 16.4. The Bertz CT molecular complexity index is 1150. The van der Waals surface area contributed by atoms with E-state index in [-0.39, 0.29) is 17.6 Å². The van der Waals surface area contributed by atoms with Crippen LogP contribution in [0.1, 0.15) is 30.4 Å². The molecule has 0 aliphatic rings. The normalized spacial score (nSPS) is 12.1. The molecule has 0 saturated heterocycles. The first-order chi connectivity index (χ1) is 14.1. The van der Waals surface area contributed by atoms with Gasteiger partial charge >= 0.3 is 0 Å². The van der Waals surface area contributed by atoms with Crippen molar-refractivity contribution in [1.29, 1.82) is 0 Å². The molecule has 29 heavy (non-hydrogen) atoms. The van der Waals surface area contributed by atoms with Crippen molar-refractivity contribution in [1.82, 2.24) is 4.98 Å². The van der Waals surface area contributed by atoms with Crippen LogP contribution < -0.4 is 9.72 Å². The van der Waals surface area contributed by atoms with Crippen LogP contribution in [0.25, 0.3) is 16.9 Å². The second kappa shape index (κ2) is 7.87. The molecule has 2 heterocycles. The second-order valence-corrected chi connectivity index (χ2v) is 7.18. The molecule has 0 saturated carbocycles. The maximum atomic E-state index is 13.4. The summed E-state index contributed by atoms with van der Waals surface area (Å²) in [5.74, 6) is 0.0179. The number of benzene rings is 2. The van der Waals surface area contributed by atoms with E-state index in [2.05, 4.69) is 10.3 Å². The Kier molecular flexibility index (Phi) is 5.12. The van der Waals surface area contributed by atoms with Gasteiger partial charge in [0.05, 0.1) is 12.1 Å². The van der Waals surface area contributed by atoms with Gasteiger partial charge in [0.2, 0.25) is 5.65 Å². The Morgan fingerprint density at radius 1 is 1.10 bits per heavy atom. The van der Waals surface area contributed by atoms with Crippen molar-refractivity contribution in [2.45, 2.75) is 26.2 Å². The second-order valence-electron chi connectivity index (χ2n) is 7.18. The number of rotatable bonds is 5. The van der Waals surface area contributed by atoms with Gasteiger partial charge in [0.25, 0.3) is 11.7 Å². The van der Waals surface area contributed by atoms with Crippen LogP contribution in [-0.4, -0.2) is 10.9 Å². The van der Waals surface area contributed by atoms with Crippen molar-refractivity contribution in [3.8, 4) is 11.3 Å². The van der Waals surface area contributed by atoms with Gasteiger partial charge in [-0.15, -0.1) is 0 Å². The Morgan fingerprint density at radius 3 is 2.52 bits per heavy atom. The van der Waals surface area contributed by atoms with Gasteiger partial charge in [-0.05, 0) is 54.8 Å². The zero-order valence-corrected chi connectivity index (χ0v) is 16.4. The fraction of sp³-hybridized carbons (Fsp3) is 0.167. The summed E-state index contributed by atoms with van der Waals surface area (Å²) in [4.78, 5) is 16.6. The lowest BCUT2D eigenvalue weighted by atomic mass is 9.95. The largest absolute Gasteiger partial charge is 0.287 e. The molecule has 2 aromatic heterocycles. The highest BCUT2D eigenvalue weighted by molar-refractivity contribution is 5.97. The molecule has 0 aliphatic carbocycles. The van der Waals surface area contributed by atoms with Crippen molar-refractivity contribution in [3.63, 3.8) is 0 Å². The Balaban J connectivity index is 1.78. The van der Waals surface area contributed by atoms with Crippen molar-refractivity contribution in [2.24, 2.45) is 0 Å². The highest BCUT2D eigenvalue weighted by Gasteiger charge is 2.27. The van der Waals surface area contributed by atoms with Crippen LogP contribution in [0.2, 0.25) is 0 Å². The summed E-state index contributed by atoms with van der Waals surface area (Å²) in [6.45, 7) is 4.02. The average Bonchev–Trinajstić information content (AvgIpc) is 3.07. The highest BCUT2D eigenvalue weighted by atomic mass is 19.1. The lowest BCUT2D eigenvalue weighted by Gasteiger charge is -2.12. The molecule has 4 aromatic rings. The highest BCUT2D eigenvalue weighted by Crippen LogP contribution is 2.28. The van der Waals surface area contributed by atoms with Crippen LogP contribution in [0.3, 0.4) is 0 Å². The average molecular weight is 388 g/mol. The van der Waals surface area contributed by atoms with Crippen molar-refractivity contribution in [2.75, 3.05) is 5.32 Å². The SMILES string of the molecule is CC[C@@H](C(=O)Nc1c(-c2ccc(F)cc2)[nH]c2cc(C)cc[n+]12)c1ccccc1. The minimum atomic E-state index is -0.297. The third-order valence-electron chi connectivity index (χ3n) is 5.14. The van der Waals surface area contributed by atoms with Gasteiger partial charge < -0.3 is 0 Å². The molecule has 5 heteroatoms. The summed E-state index contributed by atoms with van der Waals surface area (Å²) in [7, 11) is 0. The zero-order chi connectivity index (χ0) is 20.4. The predicted octanol–water partition coefficient (Wildman–Crippen LogP) is 5.00. The molecule has 0 unspecified atom stereocenters. The van der Waals surface area contributed by atoms with E-state index >= 15 is 0 Å². The number of aryl methyl sites for hydroxylation is 1. The van der Waals surface area contributed by atoms with E-state index in [0.29, 0.717) is 12.2 Å². The molecule has 0 radical (unpaired) electrons. The van der Waals surface area contributed by atoms with Crippen LogP contribution in [0.5, 0.6) is 0 Å². The van der Waals surface area contributed by atoms with Crippen LogP contribution in [0.4, 0.5) is 10.2 Å². The number of pyridine rings is 1. The summed E-state index contributed by atoms with van der Waals surface area (Å²) < 4.78 is 15.3. The number of anilines is 1. The number of H-pyrrole nitrogens is 1. The number of carbonyl (C=O) groups is 1. The fourth-order valence-corrected chi connectivity index (χ4v) is 3.61. The molecule has 2 N–H and O–H groups in total. The third-order valence-corrected chi connectivity index (χ3v) is 5.14. The lowest BCUT2D eigenvalue weighted by molar-refractivity contribution is -0.494. The molecule has 1 atom stereocenters. The van der Waals surface area contributed by atoms with E-state index in [1.165, 1.54) is 12.1 Å². The lowest BCUT2D eigenvalue weighted by Crippen LogP contribution is -2.29. The van der Waals surface area contributed by atoms with Gasteiger partial charge in [0.15, 0.2) is 5.69 Å². The minimum absolute atomic E-state index is 0.0731. The molecular formula is C24H23FN3O+. The maximum Gasteiger partial charge on any atom is 0.287 e. The van der Waals surface area contributed by atoms with Crippen molar-refractivity contribution >= 4 is 17.4 Å². The summed E-state index contributed by atoms with van der Waals surface area (Å²) in [6.07, 6.45) is 2.61. The molecule has 0 bridgehead atoms. The van der Waals surface area contributed by atoms with E-state index < -0.39 is 0 Å². The molecule has 0 fully saturated rings. The number of aromatic nitrogens is 2. The standard InChI is InChI=1S/C24H22FN3O/c1-3-20(17-7-5-4-6-8-17)24(29)27-23-22(18-9-11-19(25)12-10-18)26-21-15-16(2)13-14-28(21)23/h4-15,20H,3H2,1-2H3,(H,27,29)/p+1/t20-/m1/s1. The summed E-state index contributed by atoms with van der Waals surface area (Å²) >= 11 is 0. The van der Waals surface area contributed by atoms with E-state index in [1.54, 1.807) is 12.1 Å². The van der Waals surface area contributed by atoms with Crippen LogP contribution in [0.15, 0.2) is 72.9 Å². The number of halogens is 1. The monoisotopic (exact) mass is 388 g/mol. The number of nitrogens with one attached hydrogen (secondary N) is 2. The minimum Gasteiger partial charge on any atom is -0.267 e. The predicted molar refractivity (Wildman–Crippen MR) is 112 cm³/mol. The molecule has 0 aliphatic heterocycles. The number of amides is 1. The van der Waals surface area contributed by atoms with Gasteiger partial charge in [-0.1, -0.05) is 37.3 Å². The molecule has 0 spiro atoms. The molecule has 2 aromatic carbocycles. The Labute approximate surface area is 169 Å².